The minimum atomic E-state index is -0.819. The predicted octanol–water partition coefficient (Wildman–Crippen LogP) is 2.91. The van der Waals surface area contributed by atoms with E-state index in [1.54, 1.807) is 0 Å². The molecular weight excluding hydrogens is 309 g/mol. The highest BCUT2D eigenvalue weighted by atomic mass is 35.5. The van der Waals surface area contributed by atoms with E-state index in [-0.39, 0.29) is 35.1 Å². The lowest BCUT2D eigenvalue weighted by atomic mass is 9.99. The SMILES string of the molecule is CC1NCCCC1NC(=O)c1cc(F)c(Cl)cc1F.Cl. The Morgan fingerprint density at radius 2 is 2.10 bits per heavy atom. The van der Waals surface area contributed by atoms with Crippen molar-refractivity contribution in [2.45, 2.75) is 31.8 Å². The number of carbonyl (C=O) groups is 1. The van der Waals surface area contributed by atoms with Gasteiger partial charge in [0.2, 0.25) is 0 Å². The van der Waals surface area contributed by atoms with E-state index in [9.17, 15) is 13.6 Å². The maximum Gasteiger partial charge on any atom is 0.254 e. The molecule has 1 aliphatic heterocycles. The fraction of sp³-hybridized carbons (Fsp3) is 0.462. The third-order valence-electron chi connectivity index (χ3n) is 3.33. The van der Waals surface area contributed by atoms with Crippen molar-refractivity contribution in [1.29, 1.82) is 0 Å². The summed E-state index contributed by atoms with van der Waals surface area (Å²) in [6, 6.07) is 1.67. The molecule has 1 fully saturated rings. The maximum atomic E-state index is 13.6. The first kappa shape index (κ1) is 17.1. The van der Waals surface area contributed by atoms with Crippen LogP contribution in [-0.2, 0) is 0 Å². The number of nitrogens with one attached hydrogen (secondary N) is 2. The molecule has 1 saturated heterocycles. The van der Waals surface area contributed by atoms with Crippen molar-refractivity contribution < 1.29 is 13.6 Å². The number of hydrogen-bond donors (Lipinski definition) is 2. The lowest BCUT2D eigenvalue weighted by molar-refractivity contribution is 0.0915. The van der Waals surface area contributed by atoms with Gasteiger partial charge in [0.05, 0.1) is 10.6 Å². The minimum absolute atomic E-state index is 0. The van der Waals surface area contributed by atoms with Crippen LogP contribution < -0.4 is 10.6 Å². The molecule has 1 amide bonds. The third kappa shape index (κ3) is 3.81. The highest BCUT2D eigenvalue weighted by molar-refractivity contribution is 6.30. The zero-order valence-electron chi connectivity index (χ0n) is 10.9. The summed E-state index contributed by atoms with van der Waals surface area (Å²) in [6.45, 7) is 2.85. The number of amides is 1. The van der Waals surface area contributed by atoms with Gasteiger partial charge in [0.25, 0.3) is 5.91 Å². The molecule has 2 atom stereocenters. The van der Waals surface area contributed by atoms with Gasteiger partial charge < -0.3 is 10.6 Å². The summed E-state index contributed by atoms with van der Waals surface area (Å²) >= 11 is 5.45. The van der Waals surface area contributed by atoms with Crippen LogP contribution in [0.2, 0.25) is 5.02 Å². The quantitative estimate of drug-likeness (QED) is 0.821. The fourth-order valence-corrected chi connectivity index (χ4v) is 2.33. The Morgan fingerprint density at radius 1 is 1.40 bits per heavy atom. The second kappa shape index (κ2) is 7.20. The topological polar surface area (TPSA) is 41.1 Å². The minimum Gasteiger partial charge on any atom is -0.348 e. The highest BCUT2D eigenvalue weighted by Crippen LogP contribution is 2.20. The van der Waals surface area contributed by atoms with Gasteiger partial charge >= 0.3 is 0 Å². The molecular formula is C13H16Cl2F2N2O. The van der Waals surface area contributed by atoms with Crippen molar-refractivity contribution in [2.75, 3.05) is 6.54 Å². The van der Waals surface area contributed by atoms with Crippen molar-refractivity contribution in [3.8, 4) is 0 Å². The van der Waals surface area contributed by atoms with Crippen molar-refractivity contribution >= 4 is 29.9 Å². The standard InChI is InChI=1S/C13H15ClF2N2O.ClH/c1-7-12(3-2-4-17-7)18-13(19)8-5-11(16)9(14)6-10(8)15;/h5-7,12,17H,2-4H2,1H3,(H,18,19);1H. The second-order valence-corrected chi connectivity index (χ2v) is 5.12. The molecule has 1 aromatic rings. The zero-order chi connectivity index (χ0) is 14.0. The monoisotopic (exact) mass is 324 g/mol. The molecule has 112 valence electrons. The Morgan fingerprint density at radius 3 is 2.75 bits per heavy atom. The highest BCUT2D eigenvalue weighted by Gasteiger charge is 2.24. The van der Waals surface area contributed by atoms with Crippen molar-refractivity contribution in [2.24, 2.45) is 0 Å². The molecule has 1 aliphatic rings. The van der Waals surface area contributed by atoms with E-state index < -0.39 is 17.5 Å². The number of hydrogen-bond acceptors (Lipinski definition) is 2. The Hall–Kier alpha value is -0.910. The van der Waals surface area contributed by atoms with Gasteiger partial charge in [-0.2, -0.15) is 0 Å². The van der Waals surface area contributed by atoms with Crippen molar-refractivity contribution in [3.63, 3.8) is 0 Å². The summed E-state index contributed by atoms with van der Waals surface area (Å²) in [7, 11) is 0. The van der Waals surface area contributed by atoms with Crippen LogP contribution in [0.25, 0.3) is 0 Å². The molecule has 7 heteroatoms. The third-order valence-corrected chi connectivity index (χ3v) is 3.62. The molecule has 0 spiro atoms. The summed E-state index contributed by atoms with van der Waals surface area (Å²) in [4.78, 5) is 12.0. The number of carbonyl (C=O) groups excluding carboxylic acids is 1. The van der Waals surface area contributed by atoms with Crippen molar-refractivity contribution in [3.05, 3.63) is 34.4 Å². The van der Waals surface area contributed by atoms with Crippen LogP contribution in [0, 0.1) is 11.6 Å². The lowest BCUT2D eigenvalue weighted by Gasteiger charge is -2.30. The Bertz CT molecular complexity index is 500. The molecule has 3 nitrogen and oxygen atoms in total. The second-order valence-electron chi connectivity index (χ2n) is 4.71. The van der Waals surface area contributed by atoms with E-state index in [4.69, 9.17) is 11.6 Å². The molecule has 0 saturated carbocycles. The van der Waals surface area contributed by atoms with Gasteiger partial charge in [-0.3, -0.25) is 4.79 Å². The van der Waals surface area contributed by atoms with Crippen LogP contribution in [0.3, 0.4) is 0 Å². The number of benzene rings is 1. The first-order chi connectivity index (χ1) is 8.99. The predicted molar refractivity (Wildman–Crippen MR) is 76.6 cm³/mol. The van der Waals surface area contributed by atoms with Crippen molar-refractivity contribution in [1.82, 2.24) is 10.6 Å². The molecule has 2 unspecified atom stereocenters. The van der Waals surface area contributed by atoms with Crippen LogP contribution in [0.1, 0.15) is 30.1 Å². The first-order valence-corrected chi connectivity index (χ1v) is 6.55. The summed E-state index contributed by atoms with van der Waals surface area (Å²) in [6.07, 6.45) is 1.75. The van der Waals surface area contributed by atoms with Gasteiger partial charge in [-0.25, -0.2) is 8.78 Å². The molecule has 0 radical (unpaired) electrons. The Balaban J connectivity index is 0.00000200. The molecule has 1 heterocycles. The van der Waals surface area contributed by atoms with Gasteiger partial charge in [-0.1, -0.05) is 11.6 Å². The molecule has 2 N–H and O–H groups in total. The number of piperidine rings is 1. The van der Waals surface area contributed by atoms with E-state index >= 15 is 0 Å². The van der Waals surface area contributed by atoms with Crippen LogP contribution in [0.4, 0.5) is 8.78 Å². The summed E-state index contributed by atoms with van der Waals surface area (Å²) < 4.78 is 26.9. The van der Waals surface area contributed by atoms with E-state index in [2.05, 4.69) is 10.6 Å². The molecule has 20 heavy (non-hydrogen) atoms. The smallest absolute Gasteiger partial charge is 0.254 e. The molecule has 0 bridgehead atoms. The van der Waals surface area contributed by atoms with Gasteiger partial charge in [-0.15, -0.1) is 12.4 Å². The molecule has 0 aliphatic carbocycles. The largest absolute Gasteiger partial charge is 0.348 e. The molecule has 0 aromatic heterocycles. The van der Waals surface area contributed by atoms with Gasteiger partial charge in [0.15, 0.2) is 0 Å². The number of rotatable bonds is 2. The number of halogens is 4. The Labute approximate surface area is 127 Å². The molecule has 2 rings (SSSR count). The molecule has 1 aromatic carbocycles. The normalized spacial score (nSPS) is 22.0. The van der Waals surface area contributed by atoms with Crippen LogP contribution in [0.15, 0.2) is 12.1 Å². The van der Waals surface area contributed by atoms with Gasteiger partial charge in [0.1, 0.15) is 11.6 Å². The van der Waals surface area contributed by atoms with E-state index in [1.807, 2.05) is 6.92 Å². The van der Waals surface area contributed by atoms with Crippen LogP contribution >= 0.6 is 24.0 Å². The van der Waals surface area contributed by atoms with Crippen LogP contribution in [-0.4, -0.2) is 24.5 Å². The zero-order valence-corrected chi connectivity index (χ0v) is 12.5. The summed E-state index contributed by atoms with van der Waals surface area (Å²) in [5, 5.41) is 5.61. The fourth-order valence-electron chi connectivity index (χ4n) is 2.18. The van der Waals surface area contributed by atoms with E-state index in [1.165, 1.54) is 0 Å². The van der Waals surface area contributed by atoms with Crippen LogP contribution in [0.5, 0.6) is 0 Å². The summed E-state index contributed by atoms with van der Waals surface area (Å²) in [5.74, 6) is -2.24. The van der Waals surface area contributed by atoms with Gasteiger partial charge in [-0.05, 0) is 38.4 Å². The maximum absolute atomic E-state index is 13.6. The van der Waals surface area contributed by atoms with Gasteiger partial charge in [0, 0.05) is 12.1 Å². The lowest BCUT2D eigenvalue weighted by Crippen LogP contribution is -2.52. The first-order valence-electron chi connectivity index (χ1n) is 6.18. The average Bonchev–Trinajstić information content (AvgIpc) is 2.36. The summed E-state index contributed by atoms with van der Waals surface area (Å²) in [5.41, 5.74) is -0.320. The average molecular weight is 325 g/mol. The van der Waals surface area contributed by atoms with E-state index in [0.29, 0.717) is 0 Å². The van der Waals surface area contributed by atoms with E-state index in [0.717, 1.165) is 31.5 Å². The Kier molecular flexibility index (Phi) is 6.17.